The number of nitrogens with one attached hydrogen (secondary N) is 1. The minimum atomic E-state index is -0.471. The van der Waals surface area contributed by atoms with Crippen molar-refractivity contribution in [1.29, 1.82) is 0 Å². The van der Waals surface area contributed by atoms with E-state index in [0.29, 0.717) is 40.7 Å². The van der Waals surface area contributed by atoms with Gasteiger partial charge in [-0.2, -0.15) is 5.10 Å². The topological polar surface area (TPSA) is 95.5 Å². The van der Waals surface area contributed by atoms with E-state index in [1.54, 1.807) is 66.7 Å². The molecule has 0 aromatic heterocycles. The SMILES string of the molecule is CCOc1ccc(C(=O)Oc2ccc(/C=N\NC(=O)COc3ccccc3OC)cc2)cc1. The quantitative estimate of drug-likeness (QED) is 0.219. The molecule has 0 atom stereocenters. The summed E-state index contributed by atoms with van der Waals surface area (Å²) in [6.45, 7) is 2.24. The Morgan fingerprint density at radius 3 is 2.21 bits per heavy atom. The highest BCUT2D eigenvalue weighted by atomic mass is 16.5. The molecule has 0 aliphatic carbocycles. The Hall–Kier alpha value is -4.33. The molecule has 0 unspecified atom stereocenters. The van der Waals surface area contributed by atoms with Gasteiger partial charge in [0.15, 0.2) is 18.1 Å². The van der Waals surface area contributed by atoms with Gasteiger partial charge in [-0.1, -0.05) is 12.1 Å². The van der Waals surface area contributed by atoms with Crippen LogP contribution in [0.2, 0.25) is 0 Å². The molecule has 0 saturated carbocycles. The van der Waals surface area contributed by atoms with Crippen LogP contribution in [0.4, 0.5) is 0 Å². The zero-order valence-electron chi connectivity index (χ0n) is 18.3. The summed E-state index contributed by atoms with van der Waals surface area (Å²) in [7, 11) is 1.53. The lowest BCUT2D eigenvalue weighted by molar-refractivity contribution is -0.123. The standard InChI is InChI=1S/C25H24N2O6/c1-3-31-20-14-10-19(11-15-20)25(29)33-21-12-8-18(9-13-21)16-26-27-24(28)17-32-23-7-5-4-6-22(23)30-2/h4-16H,3,17H2,1-2H3,(H,27,28)/b26-16-. The molecule has 170 valence electrons. The van der Waals surface area contributed by atoms with Gasteiger partial charge in [0.25, 0.3) is 5.91 Å². The van der Waals surface area contributed by atoms with E-state index < -0.39 is 11.9 Å². The number of hydrogen-bond acceptors (Lipinski definition) is 7. The maximum atomic E-state index is 12.3. The van der Waals surface area contributed by atoms with Crippen molar-refractivity contribution in [3.05, 3.63) is 83.9 Å². The lowest BCUT2D eigenvalue weighted by Crippen LogP contribution is -2.24. The van der Waals surface area contributed by atoms with Crippen molar-refractivity contribution in [2.45, 2.75) is 6.92 Å². The second-order valence-electron chi connectivity index (χ2n) is 6.65. The van der Waals surface area contributed by atoms with Crippen molar-refractivity contribution in [1.82, 2.24) is 5.43 Å². The summed E-state index contributed by atoms with van der Waals surface area (Å²) in [6.07, 6.45) is 1.47. The summed E-state index contributed by atoms with van der Waals surface area (Å²) < 4.78 is 21.3. The molecule has 1 N–H and O–H groups in total. The van der Waals surface area contributed by atoms with Gasteiger partial charge in [0.1, 0.15) is 11.5 Å². The van der Waals surface area contributed by atoms with E-state index in [1.807, 2.05) is 13.0 Å². The van der Waals surface area contributed by atoms with E-state index in [-0.39, 0.29) is 6.61 Å². The summed E-state index contributed by atoms with van der Waals surface area (Å²) in [4.78, 5) is 24.2. The third-order valence-corrected chi connectivity index (χ3v) is 4.32. The Bertz CT molecular complexity index is 1090. The van der Waals surface area contributed by atoms with Gasteiger partial charge >= 0.3 is 5.97 Å². The molecule has 0 spiro atoms. The number of hydrogen-bond donors (Lipinski definition) is 1. The molecule has 0 saturated heterocycles. The average Bonchev–Trinajstić information content (AvgIpc) is 2.84. The zero-order valence-corrected chi connectivity index (χ0v) is 18.3. The number of ether oxygens (including phenoxy) is 4. The number of rotatable bonds is 10. The number of carbonyl (C=O) groups is 2. The number of nitrogens with zero attached hydrogens (tertiary/aromatic N) is 1. The third-order valence-electron chi connectivity index (χ3n) is 4.32. The van der Waals surface area contributed by atoms with Gasteiger partial charge in [0.05, 0.1) is 25.5 Å². The Morgan fingerprint density at radius 2 is 1.55 bits per heavy atom. The number of para-hydroxylation sites is 2. The van der Waals surface area contributed by atoms with E-state index in [1.165, 1.54) is 13.3 Å². The maximum Gasteiger partial charge on any atom is 0.343 e. The van der Waals surface area contributed by atoms with E-state index in [0.717, 1.165) is 0 Å². The largest absolute Gasteiger partial charge is 0.494 e. The molecule has 8 nitrogen and oxygen atoms in total. The fourth-order valence-corrected chi connectivity index (χ4v) is 2.73. The minimum absolute atomic E-state index is 0.210. The zero-order chi connectivity index (χ0) is 23.5. The molecule has 1 amide bonds. The van der Waals surface area contributed by atoms with Gasteiger partial charge in [-0.25, -0.2) is 10.2 Å². The van der Waals surface area contributed by atoms with Crippen LogP contribution in [0.15, 0.2) is 77.9 Å². The van der Waals surface area contributed by atoms with Crippen LogP contribution in [-0.2, 0) is 4.79 Å². The van der Waals surface area contributed by atoms with Crippen molar-refractivity contribution < 1.29 is 28.5 Å². The van der Waals surface area contributed by atoms with Crippen LogP contribution in [0.5, 0.6) is 23.0 Å². The molecule has 0 aliphatic rings. The molecule has 0 aliphatic heterocycles. The lowest BCUT2D eigenvalue weighted by Gasteiger charge is -2.09. The first-order valence-corrected chi connectivity index (χ1v) is 10.2. The molecule has 33 heavy (non-hydrogen) atoms. The number of methoxy groups -OCH3 is 1. The monoisotopic (exact) mass is 448 g/mol. The smallest absolute Gasteiger partial charge is 0.343 e. The van der Waals surface area contributed by atoms with Crippen LogP contribution in [0, 0.1) is 0 Å². The molecule has 8 heteroatoms. The summed E-state index contributed by atoms with van der Waals surface area (Å²) in [6, 6.07) is 20.5. The molecule has 0 heterocycles. The van der Waals surface area contributed by atoms with Crippen LogP contribution in [0.1, 0.15) is 22.8 Å². The normalized spacial score (nSPS) is 10.5. The molecule has 0 bridgehead atoms. The van der Waals surface area contributed by atoms with Crippen LogP contribution >= 0.6 is 0 Å². The van der Waals surface area contributed by atoms with E-state index in [4.69, 9.17) is 18.9 Å². The highest BCUT2D eigenvalue weighted by Crippen LogP contribution is 2.25. The summed E-state index contributed by atoms with van der Waals surface area (Å²) >= 11 is 0. The third kappa shape index (κ3) is 7.10. The van der Waals surface area contributed by atoms with Crippen molar-refractivity contribution in [2.24, 2.45) is 5.10 Å². The Balaban J connectivity index is 1.46. The number of esters is 1. The van der Waals surface area contributed by atoms with Crippen LogP contribution in [-0.4, -0.2) is 38.4 Å². The van der Waals surface area contributed by atoms with Crippen molar-refractivity contribution in [3.63, 3.8) is 0 Å². The molecule has 0 fully saturated rings. The molecule has 3 rings (SSSR count). The summed E-state index contributed by atoms with van der Waals surface area (Å²) in [5, 5.41) is 3.90. The van der Waals surface area contributed by atoms with Crippen LogP contribution < -0.4 is 24.4 Å². The Morgan fingerprint density at radius 1 is 0.879 bits per heavy atom. The molecule has 3 aromatic rings. The van der Waals surface area contributed by atoms with Gasteiger partial charge in [-0.3, -0.25) is 4.79 Å². The van der Waals surface area contributed by atoms with Gasteiger partial charge in [-0.05, 0) is 73.2 Å². The highest BCUT2D eigenvalue weighted by molar-refractivity contribution is 5.91. The maximum absolute atomic E-state index is 12.3. The molecular formula is C25H24N2O6. The lowest BCUT2D eigenvalue weighted by atomic mass is 10.2. The molecule has 0 radical (unpaired) electrons. The number of carbonyl (C=O) groups excluding carboxylic acids is 2. The Kier molecular flexibility index (Phi) is 8.41. The summed E-state index contributed by atoms with van der Waals surface area (Å²) in [5.74, 6) is 1.20. The first-order valence-electron chi connectivity index (χ1n) is 10.2. The number of benzene rings is 3. The predicted molar refractivity (Wildman–Crippen MR) is 123 cm³/mol. The fraction of sp³-hybridized carbons (Fsp3) is 0.160. The minimum Gasteiger partial charge on any atom is -0.494 e. The number of amides is 1. The Labute approximate surface area is 191 Å². The second kappa shape index (κ2) is 11.9. The van der Waals surface area contributed by atoms with Gasteiger partial charge in [0.2, 0.25) is 0 Å². The van der Waals surface area contributed by atoms with Crippen molar-refractivity contribution in [3.8, 4) is 23.0 Å². The second-order valence-corrected chi connectivity index (χ2v) is 6.65. The first-order chi connectivity index (χ1) is 16.1. The van der Waals surface area contributed by atoms with Gasteiger partial charge in [-0.15, -0.1) is 0 Å². The number of hydrazone groups is 1. The van der Waals surface area contributed by atoms with Crippen molar-refractivity contribution >= 4 is 18.1 Å². The van der Waals surface area contributed by atoms with Crippen LogP contribution in [0.3, 0.4) is 0 Å². The van der Waals surface area contributed by atoms with E-state index >= 15 is 0 Å². The van der Waals surface area contributed by atoms with Gasteiger partial charge < -0.3 is 18.9 Å². The highest BCUT2D eigenvalue weighted by Gasteiger charge is 2.09. The molecular weight excluding hydrogens is 424 g/mol. The molecule has 3 aromatic carbocycles. The van der Waals surface area contributed by atoms with Gasteiger partial charge in [0, 0.05) is 0 Å². The predicted octanol–water partition coefficient (Wildman–Crippen LogP) is 3.84. The average molecular weight is 448 g/mol. The van der Waals surface area contributed by atoms with Crippen LogP contribution in [0.25, 0.3) is 0 Å². The summed E-state index contributed by atoms with van der Waals surface area (Å²) in [5.41, 5.74) is 3.52. The first kappa shape index (κ1) is 23.3. The van der Waals surface area contributed by atoms with E-state index in [9.17, 15) is 9.59 Å². The van der Waals surface area contributed by atoms with E-state index in [2.05, 4.69) is 10.5 Å². The van der Waals surface area contributed by atoms with Crippen molar-refractivity contribution in [2.75, 3.05) is 20.3 Å². The fourth-order valence-electron chi connectivity index (χ4n) is 2.73.